The van der Waals surface area contributed by atoms with Crippen molar-refractivity contribution in [1.82, 2.24) is 4.72 Å². The third-order valence-corrected chi connectivity index (χ3v) is 5.09. The molecule has 0 aliphatic carbocycles. The lowest BCUT2D eigenvalue weighted by Crippen LogP contribution is -2.26. The second kappa shape index (κ2) is 7.39. The molecule has 0 unspecified atom stereocenters. The van der Waals surface area contributed by atoms with Crippen LogP contribution in [-0.4, -0.2) is 26.0 Å². The summed E-state index contributed by atoms with van der Waals surface area (Å²) in [6.07, 6.45) is 0.526. The van der Waals surface area contributed by atoms with Crippen LogP contribution in [0, 0.1) is 6.92 Å². The second-order valence-corrected chi connectivity index (χ2v) is 7.04. The summed E-state index contributed by atoms with van der Waals surface area (Å²) in [5.74, 6) is -0.872. The maximum Gasteiger partial charge on any atom is 0.307 e. The molecule has 2 aromatic carbocycles. The molecule has 0 radical (unpaired) electrons. The predicted molar refractivity (Wildman–Crippen MR) is 87.9 cm³/mol. The number of carboxylic acid groups (broad SMARTS) is 1. The monoisotopic (exact) mass is 333 g/mol. The van der Waals surface area contributed by atoms with Gasteiger partial charge in [-0.3, -0.25) is 4.79 Å². The molecule has 0 saturated carbocycles. The number of hydrogen-bond acceptors (Lipinski definition) is 3. The van der Waals surface area contributed by atoms with Crippen molar-refractivity contribution >= 4 is 16.0 Å². The van der Waals surface area contributed by atoms with Crippen LogP contribution in [0.5, 0.6) is 0 Å². The Bertz CT molecular complexity index is 782. The lowest BCUT2D eigenvalue weighted by molar-refractivity contribution is -0.136. The molecule has 23 heavy (non-hydrogen) atoms. The molecule has 0 fully saturated rings. The van der Waals surface area contributed by atoms with E-state index in [0.29, 0.717) is 12.0 Å². The maximum atomic E-state index is 12.2. The van der Waals surface area contributed by atoms with E-state index in [-0.39, 0.29) is 17.9 Å². The maximum absolute atomic E-state index is 12.2. The Balaban J connectivity index is 1.94. The molecule has 0 heterocycles. The Morgan fingerprint density at radius 2 is 1.65 bits per heavy atom. The predicted octanol–water partition coefficient (Wildman–Crippen LogP) is 2.14. The molecule has 0 saturated heterocycles. The van der Waals surface area contributed by atoms with Crippen molar-refractivity contribution in [1.29, 1.82) is 0 Å². The third-order valence-electron chi connectivity index (χ3n) is 3.47. The number of sulfonamides is 1. The van der Waals surface area contributed by atoms with Gasteiger partial charge in [0, 0.05) is 6.54 Å². The number of benzene rings is 2. The van der Waals surface area contributed by atoms with Gasteiger partial charge in [0.15, 0.2) is 0 Å². The van der Waals surface area contributed by atoms with Crippen molar-refractivity contribution in [3.8, 4) is 0 Å². The molecule has 0 atom stereocenters. The highest BCUT2D eigenvalue weighted by Gasteiger charge is 2.15. The highest BCUT2D eigenvalue weighted by Crippen LogP contribution is 2.13. The Labute approximate surface area is 136 Å². The number of aliphatic carboxylic acids is 1. The van der Waals surface area contributed by atoms with Crippen LogP contribution in [0.15, 0.2) is 53.4 Å². The Kier molecular flexibility index (Phi) is 5.52. The summed E-state index contributed by atoms with van der Waals surface area (Å²) in [5, 5.41) is 8.72. The SMILES string of the molecule is Cc1ccccc1S(=O)(=O)NCCc1ccc(CC(=O)O)cc1. The van der Waals surface area contributed by atoms with Crippen LogP contribution in [0.4, 0.5) is 0 Å². The highest BCUT2D eigenvalue weighted by molar-refractivity contribution is 7.89. The zero-order valence-electron chi connectivity index (χ0n) is 12.8. The molecule has 5 nitrogen and oxygen atoms in total. The average molecular weight is 333 g/mol. The van der Waals surface area contributed by atoms with E-state index in [2.05, 4.69) is 4.72 Å². The first kappa shape index (κ1) is 17.2. The number of carbonyl (C=O) groups is 1. The first-order valence-electron chi connectivity index (χ1n) is 7.23. The van der Waals surface area contributed by atoms with Gasteiger partial charge in [-0.25, -0.2) is 13.1 Å². The van der Waals surface area contributed by atoms with Gasteiger partial charge in [0.2, 0.25) is 10.0 Å². The molecule has 0 spiro atoms. The van der Waals surface area contributed by atoms with Gasteiger partial charge in [-0.15, -0.1) is 0 Å². The molecule has 122 valence electrons. The summed E-state index contributed by atoms with van der Waals surface area (Å²) < 4.78 is 27.1. The first-order chi connectivity index (χ1) is 10.9. The molecule has 0 aromatic heterocycles. The van der Waals surface area contributed by atoms with E-state index in [1.807, 2.05) is 12.1 Å². The lowest BCUT2D eigenvalue weighted by atomic mass is 10.1. The molecule has 0 amide bonds. The van der Waals surface area contributed by atoms with Gasteiger partial charge >= 0.3 is 5.97 Å². The average Bonchev–Trinajstić information content (AvgIpc) is 2.48. The van der Waals surface area contributed by atoms with Crippen LogP contribution in [0.3, 0.4) is 0 Å². The summed E-state index contributed by atoms with van der Waals surface area (Å²) in [7, 11) is -3.51. The van der Waals surface area contributed by atoms with E-state index in [1.54, 1.807) is 43.3 Å². The summed E-state index contributed by atoms with van der Waals surface area (Å²) in [4.78, 5) is 10.9. The van der Waals surface area contributed by atoms with Crippen LogP contribution in [0.2, 0.25) is 0 Å². The minimum atomic E-state index is -3.51. The van der Waals surface area contributed by atoms with Crippen molar-refractivity contribution in [3.63, 3.8) is 0 Å². The molecule has 0 aliphatic heterocycles. The Morgan fingerprint density at radius 3 is 2.26 bits per heavy atom. The van der Waals surface area contributed by atoms with E-state index in [4.69, 9.17) is 5.11 Å². The zero-order chi connectivity index (χ0) is 16.9. The normalized spacial score (nSPS) is 11.3. The molecule has 2 N–H and O–H groups in total. The summed E-state index contributed by atoms with van der Waals surface area (Å²) in [6, 6.07) is 14.0. The fourth-order valence-electron chi connectivity index (χ4n) is 2.26. The van der Waals surface area contributed by atoms with Gasteiger partial charge < -0.3 is 5.11 Å². The van der Waals surface area contributed by atoms with Crippen molar-refractivity contribution in [2.24, 2.45) is 0 Å². The van der Waals surface area contributed by atoms with Crippen LogP contribution in [0.25, 0.3) is 0 Å². The van der Waals surface area contributed by atoms with Gasteiger partial charge in [-0.1, -0.05) is 42.5 Å². The number of hydrogen-bond donors (Lipinski definition) is 2. The van der Waals surface area contributed by atoms with E-state index >= 15 is 0 Å². The molecule has 6 heteroatoms. The van der Waals surface area contributed by atoms with Gasteiger partial charge in [-0.2, -0.15) is 0 Å². The van der Waals surface area contributed by atoms with E-state index in [9.17, 15) is 13.2 Å². The Hall–Kier alpha value is -2.18. The quantitative estimate of drug-likeness (QED) is 0.813. The summed E-state index contributed by atoms with van der Waals surface area (Å²) in [6.45, 7) is 2.05. The number of carboxylic acids is 1. The molecule has 2 rings (SSSR count). The van der Waals surface area contributed by atoms with Gasteiger partial charge in [0.1, 0.15) is 0 Å². The number of nitrogens with one attached hydrogen (secondary N) is 1. The van der Waals surface area contributed by atoms with Gasteiger partial charge in [0.05, 0.1) is 11.3 Å². The number of aryl methyl sites for hydroxylation is 1. The highest BCUT2D eigenvalue weighted by atomic mass is 32.2. The molecular weight excluding hydrogens is 314 g/mol. The topological polar surface area (TPSA) is 83.5 Å². The van der Waals surface area contributed by atoms with Gasteiger partial charge in [0.25, 0.3) is 0 Å². The number of rotatable bonds is 7. The van der Waals surface area contributed by atoms with Gasteiger partial charge in [-0.05, 0) is 36.1 Å². The Morgan fingerprint density at radius 1 is 1.04 bits per heavy atom. The largest absolute Gasteiger partial charge is 0.481 e. The fourth-order valence-corrected chi connectivity index (χ4v) is 3.54. The van der Waals surface area contributed by atoms with Crippen molar-refractivity contribution in [2.45, 2.75) is 24.7 Å². The van der Waals surface area contributed by atoms with Crippen molar-refractivity contribution in [2.75, 3.05) is 6.54 Å². The molecular formula is C17H19NO4S. The van der Waals surface area contributed by atoms with E-state index in [1.165, 1.54) is 0 Å². The van der Waals surface area contributed by atoms with Crippen molar-refractivity contribution < 1.29 is 18.3 Å². The minimum Gasteiger partial charge on any atom is -0.481 e. The van der Waals surface area contributed by atoms with E-state index in [0.717, 1.165) is 11.1 Å². The van der Waals surface area contributed by atoms with Crippen LogP contribution >= 0.6 is 0 Å². The standard InChI is InChI=1S/C17H19NO4S/c1-13-4-2-3-5-16(13)23(21,22)18-11-10-14-6-8-15(9-7-14)12-17(19)20/h2-9,18H,10-12H2,1H3,(H,19,20). The molecule has 0 aliphatic rings. The summed E-state index contributed by atoms with van der Waals surface area (Å²) in [5.41, 5.74) is 2.38. The zero-order valence-corrected chi connectivity index (χ0v) is 13.6. The van der Waals surface area contributed by atoms with Crippen LogP contribution < -0.4 is 4.72 Å². The van der Waals surface area contributed by atoms with E-state index < -0.39 is 16.0 Å². The third kappa shape index (κ3) is 4.91. The molecule has 0 bridgehead atoms. The smallest absolute Gasteiger partial charge is 0.307 e. The summed E-state index contributed by atoms with van der Waals surface area (Å²) >= 11 is 0. The lowest BCUT2D eigenvalue weighted by Gasteiger charge is -2.09. The first-order valence-corrected chi connectivity index (χ1v) is 8.72. The second-order valence-electron chi connectivity index (χ2n) is 5.30. The van der Waals surface area contributed by atoms with Crippen molar-refractivity contribution in [3.05, 3.63) is 65.2 Å². The fraction of sp³-hybridized carbons (Fsp3) is 0.235. The van der Waals surface area contributed by atoms with Crippen LogP contribution in [0.1, 0.15) is 16.7 Å². The molecule has 2 aromatic rings. The minimum absolute atomic E-state index is 0.0137. The van der Waals surface area contributed by atoms with Crippen LogP contribution in [-0.2, 0) is 27.7 Å².